The van der Waals surface area contributed by atoms with Crippen LogP contribution in [0, 0.1) is 11.6 Å². The van der Waals surface area contributed by atoms with Gasteiger partial charge in [0.25, 0.3) is 5.91 Å². The first kappa shape index (κ1) is 13.4. The third-order valence-electron chi connectivity index (χ3n) is 2.19. The van der Waals surface area contributed by atoms with Gasteiger partial charge in [-0.15, -0.1) is 0 Å². The first-order valence-electron chi connectivity index (χ1n) is 5.61. The molecule has 0 bridgehead atoms. The van der Waals surface area contributed by atoms with Crippen LogP contribution in [0.3, 0.4) is 0 Å². The fraction of sp³-hybridized carbons (Fsp3) is 0.417. The average molecular weight is 242 g/mol. The van der Waals surface area contributed by atoms with Crippen LogP contribution in [0.2, 0.25) is 0 Å². The predicted molar refractivity (Wildman–Crippen MR) is 63.1 cm³/mol. The molecule has 1 aromatic rings. The van der Waals surface area contributed by atoms with Crippen LogP contribution in [0.5, 0.6) is 0 Å². The third-order valence-corrected chi connectivity index (χ3v) is 2.19. The van der Waals surface area contributed by atoms with Crippen molar-refractivity contribution in [2.24, 2.45) is 0 Å². The van der Waals surface area contributed by atoms with Gasteiger partial charge in [0.2, 0.25) is 0 Å². The molecule has 2 N–H and O–H groups in total. The van der Waals surface area contributed by atoms with Gasteiger partial charge in [0.05, 0.1) is 0 Å². The van der Waals surface area contributed by atoms with Crippen LogP contribution in [0.25, 0.3) is 0 Å². The van der Waals surface area contributed by atoms with E-state index in [1.807, 2.05) is 6.92 Å². The maximum Gasteiger partial charge on any atom is 0.251 e. The molecule has 0 aliphatic rings. The Kier molecular flexibility index (Phi) is 4.87. The maximum absolute atomic E-state index is 13.5. The normalized spacial score (nSPS) is 10.1. The number of nitrogens with one attached hydrogen (secondary N) is 2. The summed E-state index contributed by atoms with van der Waals surface area (Å²) in [6, 6.07) is 2.07. The lowest BCUT2D eigenvalue weighted by atomic mass is 10.1. The Morgan fingerprint density at radius 3 is 2.29 bits per heavy atom. The van der Waals surface area contributed by atoms with Crippen molar-refractivity contribution in [1.29, 1.82) is 0 Å². The Balaban J connectivity index is 2.93. The maximum atomic E-state index is 13.5. The van der Waals surface area contributed by atoms with E-state index in [0.29, 0.717) is 13.1 Å². The van der Waals surface area contributed by atoms with Gasteiger partial charge in [-0.1, -0.05) is 6.92 Å². The van der Waals surface area contributed by atoms with Gasteiger partial charge in [0.1, 0.15) is 17.3 Å². The van der Waals surface area contributed by atoms with E-state index in [-0.39, 0.29) is 11.3 Å². The second-order valence-electron chi connectivity index (χ2n) is 3.60. The molecule has 1 aromatic carbocycles. The van der Waals surface area contributed by atoms with E-state index in [4.69, 9.17) is 0 Å². The van der Waals surface area contributed by atoms with Crippen LogP contribution >= 0.6 is 0 Å². The summed E-state index contributed by atoms with van der Waals surface area (Å²) < 4.78 is 27.0. The first-order chi connectivity index (χ1) is 8.10. The summed E-state index contributed by atoms with van der Waals surface area (Å²) in [6.45, 7) is 4.53. The van der Waals surface area contributed by atoms with Crippen LogP contribution in [0.15, 0.2) is 12.1 Å². The SMILES string of the molecule is CCCNC(=O)c1cc(F)c(NCC)c(F)c1. The number of rotatable bonds is 5. The molecule has 0 spiro atoms. The molecule has 0 aromatic heterocycles. The molecule has 0 unspecified atom stereocenters. The molecule has 94 valence electrons. The second kappa shape index (κ2) is 6.18. The highest BCUT2D eigenvalue weighted by Crippen LogP contribution is 2.20. The van der Waals surface area contributed by atoms with E-state index >= 15 is 0 Å². The topological polar surface area (TPSA) is 41.1 Å². The van der Waals surface area contributed by atoms with Crippen molar-refractivity contribution in [3.05, 3.63) is 29.3 Å². The molecule has 0 saturated carbocycles. The van der Waals surface area contributed by atoms with Gasteiger partial charge >= 0.3 is 0 Å². The van der Waals surface area contributed by atoms with Crippen molar-refractivity contribution in [2.45, 2.75) is 20.3 Å². The zero-order valence-electron chi connectivity index (χ0n) is 9.94. The van der Waals surface area contributed by atoms with Gasteiger partial charge < -0.3 is 10.6 Å². The van der Waals surface area contributed by atoms with Crippen molar-refractivity contribution in [3.63, 3.8) is 0 Å². The number of carbonyl (C=O) groups excluding carboxylic acids is 1. The standard InChI is InChI=1S/C12H16F2N2O/c1-3-5-16-12(17)8-6-9(13)11(15-4-2)10(14)7-8/h6-7,15H,3-5H2,1-2H3,(H,16,17). The highest BCUT2D eigenvalue weighted by molar-refractivity contribution is 5.94. The number of anilines is 1. The van der Waals surface area contributed by atoms with Crippen LogP contribution in [0.4, 0.5) is 14.5 Å². The van der Waals surface area contributed by atoms with Crippen molar-refractivity contribution in [3.8, 4) is 0 Å². The smallest absolute Gasteiger partial charge is 0.251 e. The lowest BCUT2D eigenvalue weighted by Gasteiger charge is -2.09. The van der Waals surface area contributed by atoms with E-state index < -0.39 is 17.5 Å². The molecule has 3 nitrogen and oxygen atoms in total. The minimum absolute atomic E-state index is 0.00453. The quantitative estimate of drug-likeness (QED) is 0.833. The summed E-state index contributed by atoms with van der Waals surface area (Å²) in [5.74, 6) is -1.98. The summed E-state index contributed by atoms with van der Waals surface area (Å²) in [4.78, 5) is 11.5. The number of hydrogen-bond acceptors (Lipinski definition) is 2. The minimum Gasteiger partial charge on any atom is -0.381 e. The zero-order chi connectivity index (χ0) is 12.8. The lowest BCUT2D eigenvalue weighted by Crippen LogP contribution is -2.24. The average Bonchev–Trinajstić information content (AvgIpc) is 2.30. The largest absolute Gasteiger partial charge is 0.381 e. The van der Waals surface area contributed by atoms with Crippen molar-refractivity contribution in [2.75, 3.05) is 18.4 Å². The Morgan fingerprint density at radius 2 is 1.82 bits per heavy atom. The van der Waals surface area contributed by atoms with Gasteiger partial charge in [-0.05, 0) is 25.5 Å². The van der Waals surface area contributed by atoms with Crippen LogP contribution in [0.1, 0.15) is 30.6 Å². The minimum atomic E-state index is -0.756. The fourth-order valence-electron chi connectivity index (χ4n) is 1.39. The number of benzene rings is 1. The van der Waals surface area contributed by atoms with E-state index in [1.54, 1.807) is 6.92 Å². The summed E-state index contributed by atoms with van der Waals surface area (Å²) >= 11 is 0. The zero-order valence-corrected chi connectivity index (χ0v) is 9.94. The van der Waals surface area contributed by atoms with Gasteiger partial charge in [-0.2, -0.15) is 0 Å². The Morgan fingerprint density at radius 1 is 1.24 bits per heavy atom. The van der Waals surface area contributed by atoms with Crippen molar-refractivity contribution in [1.82, 2.24) is 5.32 Å². The van der Waals surface area contributed by atoms with Crippen molar-refractivity contribution < 1.29 is 13.6 Å². The van der Waals surface area contributed by atoms with Gasteiger partial charge in [-0.3, -0.25) is 4.79 Å². The van der Waals surface area contributed by atoms with Crippen LogP contribution in [-0.4, -0.2) is 19.0 Å². The highest BCUT2D eigenvalue weighted by atomic mass is 19.1. The van der Waals surface area contributed by atoms with E-state index in [9.17, 15) is 13.6 Å². The molecular weight excluding hydrogens is 226 g/mol. The molecule has 0 heterocycles. The summed E-state index contributed by atoms with van der Waals surface area (Å²) in [5, 5.41) is 5.13. The van der Waals surface area contributed by atoms with Gasteiger partial charge in [0.15, 0.2) is 0 Å². The molecular formula is C12H16F2N2O. The predicted octanol–water partition coefficient (Wildman–Crippen LogP) is 2.54. The van der Waals surface area contributed by atoms with Crippen molar-refractivity contribution >= 4 is 11.6 Å². The van der Waals surface area contributed by atoms with Crippen LogP contribution < -0.4 is 10.6 Å². The number of hydrogen-bond donors (Lipinski definition) is 2. The molecule has 1 rings (SSSR count). The second-order valence-corrected chi connectivity index (χ2v) is 3.60. The lowest BCUT2D eigenvalue weighted by molar-refractivity contribution is 0.0953. The summed E-state index contributed by atoms with van der Waals surface area (Å²) in [5.41, 5.74) is -0.199. The number of amides is 1. The highest BCUT2D eigenvalue weighted by Gasteiger charge is 2.14. The van der Waals surface area contributed by atoms with Gasteiger partial charge in [0, 0.05) is 18.7 Å². The molecule has 0 atom stereocenters. The van der Waals surface area contributed by atoms with Gasteiger partial charge in [-0.25, -0.2) is 8.78 Å². The fourth-order valence-corrected chi connectivity index (χ4v) is 1.39. The Hall–Kier alpha value is -1.65. The molecule has 0 aliphatic heterocycles. The molecule has 0 aliphatic carbocycles. The summed E-state index contributed by atoms with van der Waals surface area (Å²) in [6.07, 6.45) is 0.770. The third kappa shape index (κ3) is 3.41. The first-order valence-corrected chi connectivity index (χ1v) is 5.61. The molecule has 0 radical (unpaired) electrons. The Bertz CT molecular complexity index is 384. The molecule has 0 saturated heterocycles. The number of carbonyl (C=O) groups is 1. The van der Waals surface area contributed by atoms with E-state index in [1.165, 1.54) is 0 Å². The molecule has 5 heteroatoms. The molecule has 17 heavy (non-hydrogen) atoms. The monoisotopic (exact) mass is 242 g/mol. The molecule has 0 fully saturated rings. The number of halogens is 2. The van der Waals surface area contributed by atoms with E-state index in [0.717, 1.165) is 18.6 Å². The summed E-state index contributed by atoms with van der Waals surface area (Å²) in [7, 11) is 0. The van der Waals surface area contributed by atoms with E-state index in [2.05, 4.69) is 10.6 Å². The Labute approximate surface area is 99.2 Å². The van der Waals surface area contributed by atoms with Crippen LogP contribution in [-0.2, 0) is 0 Å². The molecule has 1 amide bonds.